The number of benzene rings is 1. The second-order valence-corrected chi connectivity index (χ2v) is 9.82. The predicted octanol–water partition coefficient (Wildman–Crippen LogP) is 2.43. The molecule has 1 aromatic carbocycles. The number of nitrogens with zero attached hydrogens (tertiary/aromatic N) is 3. The van der Waals surface area contributed by atoms with Crippen LogP contribution >= 0.6 is 0 Å². The fraction of sp³-hybridized carbons (Fsp3) is 0.318. The van der Waals surface area contributed by atoms with Gasteiger partial charge in [0.1, 0.15) is 12.3 Å². The molecule has 0 saturated carbocycles. The third-order valence-corrected chi connectivity index (χ3v) is 7.43. The van der Waals surface area contributed by atoms with Gasteiger partial charge in [0.15, 0.2) is 11.6 Å². The first-order chi connectivity index (χ1) is 15.6. The summed E-state index contributed by atoms with van der Waals surface area (Å²) in [5, 5.41) is 0. The molecule has 11 heteroatoms. The molecule has 33 heavy (non-hydrogen) atoms. The van der Waals surface area contributed by atoms with Crippen molar-refractivity contribution >= 4 is 21.6 Å². The molecular formula is C22H21F2N3O5S. The quantitative estimate of drug-likeness (QED) is 0.524. The number of fused-ring (bicyclic) bond motifs is 1. The average molecular weight is 477 g/mol. The minimum Gasteiger partial charge on any atom is -0.459 e. The van der Waals surface area contributed by atoms with Crippen LogP contribution in [-0.4, -0.2) is 41.2 Å². The van der Waals surface area contributed by atoms with Gasteiger partial charge in [-0.25, -0.2) is 22.2 Å². The minimum absolute atomic E-state index is 0.0377. The molecule has 3 heterocycles. The van der Waals surface area contributed by atoms with E-state index in [0.29, 0.717) is 17.4 Å². The number of carbonyl (C=O) groups is 1. The molecule has 0 N–H and O–H groups in total. The van der Waals surface area contributed by atoms with Gasteiger partial charge in [-0.1, -0.05) is 6.07 Å². The lowest BCUT2D eigenvalue weighted by atomic mass is 9.98. The Hall–Kier alpha value is -3.18. The first kappa shape index (κ1) is 23.0. The molecule has 0 radical (unpaired) electrons. The van der Waals surface area contributed by atoms with Gasteiger partial charge in [-0.15, -0.1) is 0 Å². The topological polar surface area (TPSA) is 98.0 Å². The Morgan fingerprint density at radius 2 is 1.85 bits per heavy atom. The van der Waals surface area contributed by atoms with E-state index >= 15 is 0 Å². The van der Waals surface area contributed by atoms with Gasteiger partial charge in [0.25, 0.3) is 5.56 Å². The highest BCUT2D eigenvalue weighted by Crippen LogP contribution is 2.25. The van der Waals surface area contributed by atoms with Gasteiger partial charge in [0.2, 0.25) is 10.0 Å². The van der Waals surface area contributed by atoms with Crippen molar-refractivity contribution in [2.45, 2.75) is 31.3 Å². The van der Waals surface area contributed by atoms with E-state index in [1.165, 1.54) is 10.5 Å². The number of aryl methyl sites for hydroxylation is 1. The van der Waals surface area contributed by atoms with E-state index in [2.05, 4.69) is 4.98 Å². The van der Waals surface area contributed by atoms with Crippen LogP contribution in [-0.2, 0) is 26.2 Å². The second kappa shape index (κ2) is 8.99. The SMILES string of the molecule is Cc1ccc2nc(COC(=O)C3CCN(S(=O)(=O)c4ccc(F)c(F)c4)CC3)cc(=O)n2c1. The van der Waals surface area contributed by atoms with Gasteiger partial charge in [0, 0.05) is 25.4 Å². The summed E-state index contributed by atoms with van der Waals surface area (Å²) in [5.41, 5.74) is 1.37. The van der Waals surface area contributed by atoms with E-state index in [-0.39, 0.29) is 43.0 Å². The van der Waals surface area contributed by atoms with Crippen molar-refractivity contribution in [3.05, 3.63) is 75.8 Å². The Morgan fingerprint density at radius 1 is 1.12 bits per heavy atom. The van der Waals surface area contributed by atoms with E-state index in [0.717, 1.165) is 22.0 Å². The first-order valence-electron chi connectivity index (χ1n) is 10.3. The summed E-state index contributed by atoms with van der Waals surface area (Å²) in [5.74, 6) is -3.41. The van der Waals surface area contributed by atoms with Crippen LogP contribution in [0.15, 0.2) is 52.3 Å². The number of carbonyl (C=O) groups excluding carboxylic acids is 1. The molecule has 3 aromatic rings. The number of hydrogen-bond acceptors (Lipinski definition) is 6. The monoisotopic (exact) mass is 477 g/mol. The molecule has 1 saturated heterocycles. The zero-order valence-electron chi connectivity index (χ0n) is 17.7. The Morgan fingerprint density at radius 3 is 2.55 bits per heavy atom. The number of pyridine rings is 1. The largest absolute Gasteiger partial charge is 0.459 e. The Bertz CT molecular complexity index is 1380. The molecule has 0 bridgehead atoms. The summed E-state index contributed by atoms with van der Waals surface area (Å²) in [6.45, 7) is 1.76. The molecule has 8 nitrogen and oxygen atoms in total. The van der Waals surface area contributed by atoms with Crippen LogP contribution in [0.1, 0.15) is 24.1 Å². The Balaban J connectivity index is 1.37. The predicted molar refractivity (Wildman–Crippen MR) is 114 cm³/mol. The molecule has 0 unspecified atom stereocenters. The van der Waals surface area contributed by atoms with Crippen LogP contribution < -0.4 is 5.56 Å². The van der Waals surface area contributed by atoms with Crippen LogP contribution in [0.5, 0.6) is 0 Å². The molecule has 2 aromatic heterocycles. The van der Waals surface area contributed by atoms with Gasteiger partial charge in [0.05, 0.1) is 16.5 Å². The number of ether oxygens (including phenoxy) is 1. The summed E-state index contributed by atoms with van der Waals surface area (Å²) in [7, 11) is -4.01. The molecule has 1 aliphatic rings. The van der Waals surface area contributed by atoms with Crippen molar-refractivity contribution in [3.8, 4) is 0 Å². The van der Waals surface area contributed by atoms with Crippen LogP contribution in [0, 0.1) is 24.5 Å². The number of hydrogen-bond donors (Lipinski definition) is 0. The summed E-state index contributed by atoms with van der Waals surface area (Å²) >= 11 is 0. The normalized spacial score (nSPS) is 15.6. The van der Waals surface area contributed by atoms with Crippen LogP contribution in [0.4, 0.5) is 8.78 Å². The maximum Gasteiger partial charge on any atom is 0.309 e. The zero-order valence-corrected chi connectivity index (χ0v) is 18.5. The third kappa shape index (κ3) is 4.79. The van der Waals surface area contributed by atoms with Gasteiger partial charge in [-0.05, 0) is 49.6 Å². The summed E-state index contributed by atoms with van der Waals surface area (Å²) in [4.78, 5) is 28.7. The van der Waals surface area contributed by atoms with Gasteiger partial charge in [-0.3, -0.25) is 14.0 Å². The molecule has 1 aliphatic heterocycles. The smallest absolute Gasteiger partial charge is 0.309 e. The third-order valence-electron chi connectivity index (χ3n) is 5.54. The van der Waals surface area contributed by atoms with Crippen LogP contribution in [0.25, 0.3) is 5.65 Å². The molecule has 1 fully saturated rings. The minimum atomic E-state index is -4.01. The van der Waals surface area contributed by atoms with Crippen molar-refractivity contribution in [2.24, 2.45) is 5.92 Å². The molecule has 174 valence electrons. The number of rotatable bonds is 5. The van der Waals surface area contributed by atoms with Crippen molar-refractivity contribution in [1.82, 2.24) is 13.7 Å². The van der Waals surface area contributed by atoms with Crippen molar-refractivity contribution in [1.29, 1.82) is 0 Å². The molecule has 0 aliphatic carbocycles. The highest BCUT2D eigenvalue weighted by Gasteiger charge is 2.33. The Kier molecular flexibility index (Phi) is 6.26. The van der Waals surface area contributed by atoms with E-state index in [1.807, 2.05) is 13.0 Å². The summed E-state index contributed by atoms with van der Waals surface area (Å²) in [6, 6.07) is 7.24. The van der Waals surface area contributed by atoms with Crippen molar-refractivity contribution < 1.29 is 26.7 Å². The number of aromatic nitrogens is 2. The van der Waals surface area contributed by atoms with E-state index in [4.69, 9.17) is 4.74 Å². The molecule has 0 amide bonds. The fourth-order valence-corrected chi connectivity index (χ4v) is 5.20. The van der Waals surface area contributed by atoms with Crippen molar-refractivity contribution in [2.75, 3.05) is 13.1 Å². The standard InChI is InChI=1S/C22H21F2N3O5S/c1-14-2-5-20-25-16(10-21(28)27(20)12-14)13-32-22(29)15-6-8-26(9-7-15)33(30,31)17-3-4-18(23)19(24)11-17/h2-5,10-12,15H,6-9,13H2,1H3. The van der Waals surface area contributed by atoms with E-state index in [9.17, 15) is 26.8 Å². The number of esters is 1. The van der Waals surface area contributed by atoms with Crippen LogP contribution in [0.2, 0.25) is 0 Å². The Labute approximate surface area is 188 Å². The fourth-order valence-electron chi connectivity index (χ4n) is 3.71. The number of piperidine rings is 1. The summed E-state index contributed by atoms with van der Waals surface area (Å²) in [6.07, 6.45) is 2.10. The lowest BCUT2D eigenvalue weighted by Crippen LogP contribution is -2.40. The molecule has 4 rings (SSSR count). The second-order valence-electron chi connectivity index (χ2n) is 7.88. The first-order valence-corrected chi connectivity index (χ1v) is 11.7. The van der Waals surface area contributed by atoms with E-state index < -0.39 is 33.5 Å². The van der Waals surface area contributed by atoms with E-state index in [1.54, 1.807) is 12.3 Å². The molecule has 0 spiro atoms. The van der Waals surface area contributed by atoms with Crippen LogP contribution in [0.3, 0.4) is 0 Å². The lowest BCUT2D eigenvalue weighted by Gasteiger charge is -2.30. The number of sulfonamides is 1. The zero-order chi connectivity index (χ0) is 23.8. The average Bonchev–Trinajstić information content (AvgIpc) is 2.79. The van der Waals surface area contributed by atoms with Crippen molar-refractivity contribution in [3.63, 3.8) is 0 Å². The maximum atomic E-state index is 13.5. The highest BCUT2D eigenvalue weighted by atomic mass is 32.2. The molecular weight excluding hydrogens is 456 g/mol. The summed E-state index contributed by atoms with van der Waals surface area (Å²) < 4.78 is 59.8. The maximum absolute atomic E-state index is 13.5. The van der Waals surface area contributed by atoms with Gasteiger partial charge >= 0.3 is 5.97 Å². The molecule has 0 atom stereocenters. The highest BCUT2D eigenvalue weighted by molar-refractivity contribution is 7.89. The van der Waals surface area contributed by atoms with Gasteiger partial charge in [-0.2, -0.15) is 4.31 Å². The lowest BCUT2D eigenvalue weighted by molar-refractivity contribution is -0.151. The van der Waals surface area contributed by atoms with Gasteiger partial charge < -0.3 is 4.74 Å². The number of halogens is 2.